The van der Waals surface area contributed by atoms with Crippen molar-refractivity contribution in [3.63, 3.8) is 0 Å². The first-order valence-corrected chi connectivity index (χ1v) is 4.22. The van der Waals surface area contributed by atoms with E-state index in [4.69, 9.17) is 0 Å². The maximum Gasteiger partial charge on any atom is 0.209 e. The SMILES string of the molecule is CN(C=O)CCCC1CCN1. The van der Waals surface area contributed by atoms with Gasteiger partial charge in [-0.05, 0) is 25.8 Å². The number of nitrogens with zero attached hydrogens (tertiary/aromatic N) is 1. The zero-order valence-electron chi connectivity index (χ0n) is 7.05. The van der Waals surface area contributed by atoms with Gasteiger partial charge < -0.3 is 10.2 Å². The fourth-order valence-corrected chi connectivity index (χ4v) is 1.23. The van der Waals surface area contributed by atoms with Gasteiger partial charge in [0.1, 0.15) is 0 Å². The molecule has 1 fully saturated rings. The van der Waals surface area contributed by atoms with E-state index in [1.165, 1.54) is 19.4 Å². The molecule has 3 heteroatoms. The first-order valence-electron chi connectivity index (χ1n) is 4.22. The molecule has 1 unspecified atom stereocenters. The van der Waals surface area contributed by atoms with Crippen LogP contribution < -0.4 is 5.32 Å². The number of amides is 1. The lowest BCUT2D eigenvalue weighted by molar-refractivity contribution is -0.117. The molecule has 11 heavy (non-hydrogen) atoms. The maximum absolute atomic E-state index is 10.2. The summed E-state index contributed by atoms with van der Waals surface area (Å²) in [6.07, 6.45) is 4.52. The molecule has 1 saturated heterocycles. The summed E-state index contributed by atoms with van der Waals surface area (Å²) in [6, 6.07) is 0.732. The molecule has 0 bridgehead atoms. The van der Waals surface area contributed by atoms with Crippen molar-refractivity contribution in [2.24, 2.45) is 0 Å². The van der Waals surface area contributed by atoms with Crippen molar-refractivity contribution in [1.29, 1.82) is 0 Å². The predicted octanol–water partition coefficient (Wildman–Crippen LogP) is 0.217. The minimum atomic E-state index is 0.732. The Kier molecular flexibility index (Phi) is 3.36. The van der Waals surface area contributed by atoms with Gasteiger partial charge in [-0.15, -0.1) is 0 Å². The molecule has 0 radical (unpaired) electrons. The van der Waals surface area contributed by atoms with E-state index < -0.39 is 0 Å². The molecule has 1 rings (SSSR count). The molecule has 1 aliphatic heterocycles. The van der Waals surface area contributed by atoms with Crippen LogP contribution in [-0.2, 0) is 4.79 Å². The first kappa shape index (κ1) is 8.53. The molecule has 0 aromatic heterocycles. The molecule has 0 spiro atoms. The zero-order valence-corrected chi connectivity index (χ0v) is 7.05. The summed E-state index contributed by atoms with van der Waals surface area (Å²) in [5.74, 6) is 0. The summed E-state index contributed by atoms with van der Waals surface area (Å²) < 4.78 is 0. The second kappa shape index (κ2) is 4.34. The quantitative estimate of drug-likeness (QED) is 0.577. The highest BCUT2D eigenvalue weighted by atomic mass is 16.1. The highest BCUT2D eigenvalue weighted by Gasteiger charge is 2.14. The topological polar surface area (TPSA) is 32.3 Å². The van der Waals surface area contributed by atoms with E-state index in [-0.39, 0.29) is 0 Å². The number of carbonyl (C=O) groups excluding carboxylic acids is 1. The Hall–Kier alpha value is -0.570. The Morgan fingerprint density at radius 3 is 2.91 bits per heavy atom. The van der Waals surface area contributed by atoms with Gasteiger partial charge in [-0.1, -0.05) is 0 Å². The Morgan fingerprint density at radius 1 is 1.73 bits per heavy atom. The molecule has 0 aromatic rings. The van der Waals surface area contributed by atoms with Gasteiger partial charge in [0.05, 0.1) is 0 Å². The molecule has 0 aromatic carbocycles. The lowest BCUT2D eigenvalue weighted by Crippen LogP contribution is -2.42. The van der Waals surface area contributed by atoms with E-state index in [9.17, 15) is 4.79 Å². The average Bonchev–Trinajstić information content (AvgIpc) is 1.94. The summed E-state index contributed by atoms with van der Waals surface area (Å²) in [7, 11) is 1.82. The fraction of sp³-hybridized carbons (Fsp3) is 0.875. The third kappa shape index (κ3) is 2.89. The first-order chi connectivity index (χ1) is 5.33. The Bertz CT molecular complexity index is 123. The van der Waals surface area contributed by atoms with Gasteiger partial charge in [-0.25, -0.2) is 0 Å². The van der Waals surface area contributed by atoms with Crippen molar-refractivity contribution in [2.75, 3.05) is 20.1 Å². The van der Waals surface area contributed by atoms with Gasteiger partial charge >= 0.3 is 0 Å². The van der Waals surface area contributed by atoms with Crippen LogP contribution in [0.4, 0.5) is 0 Å². The van der Waals surface area contributed by atoms with Crippen LogP contribution >= 0.6 is 0 Å². The second-order valence-corrected chi connectivity index (χ2v) is 3.17. The molecule has 1 atom stereocenters. The standard InChI is InChI=1S/C8H16N2O/c1-10(7-11)6-2-3-8-4-5-9-8/h7-9H,2-6H2,1H3. The van der Waals surface area contributed by atoms with Crippen LogP contribution in [-0.4, -0.2) is 37.5 Å². The zero-order chi connectivity index (χ0) is 8.10. The molecular formula is C8H16N2O. The molecule has 0 saturated carbocycles. The smallest absolute Gasteiger partial charge is 0.209 e. The summed E-state index contributed by atoms with van der Waals surface area (Å²) in [4.78, 5) is 11.9. The molecule has 1 heterocycles. The van der Waals surface area contributed by atoms with Crippen molar-refractivity contribution in [3.8, 4) is 0 Å². The monoisotopic (exact) mass is 156 g/mol. The van der Waals surface area contributed by atoms with E-state index in [2.05, 4.69) is 5.32 Å². The van der Waals surface area contributed by atoms with Crippen molar-refractivity contribution in [3.05, 3.63) is 0 Å². The number of nitrogens with one attached hydrogen (secondary N) is 1. The minimum Gasteiger partial charge on any atom is -0.348 e. The number of hydrogen-bond acceptors (Lipinski definition) is 2. The molecule has 0 aliphatic carbocycles. The molecule has 64 valence electrons. The third-order valence-electron chi connectivity index (χ3n) is 2.17. The van der Waals surface area contributed by atoms with Gasteiger partial charge in [0.2, 0.25) is 6.41 Å². The van der Waals surface area contributed by atoms with Crippen LogP contribution in [0.15, 0.2) is 0 Å². The van der Waals surface area contributed by atoms with Crippen LogP contribution in [0.25, 0.3) is 0 Å². The number of hydrogen-bond donors (Lipinski definition) is 1. The second-order valence-electron chi connectivity index (χ2n) is 3.17. The highest BCUT2D eigenvalue weighted by Crippen LogP contribution is 2.08. The largest absolute Gasteiger partial charge is 0.348 e. The minimum absolute atomic E-state index is 0.732. The molecular weight excluding hydrogens is 140 g/mol. The molecule has 3 nitrogen and oxygen atoms in total. The Morgan fingerprint density at radius 2 is 2.45 bits per heavy atom. The summed E-state index contributed by atoms with van der Waals surface area (Å²) in [5.41, 5.74) is 0. The van der Waals surface area contributed by atoms with Gasteiger partial charge in [-0.2, -0.15) is 0 Å². The van der Waals surface area contributed by atoms with Crippen LogP contribution in [0.3, 0.4) is 0 Å². The lowest BCUT2D eigenvalue weighted by Gasteiger charge is -2.27. The summed E-state index contributed by atoms with van der Waals surface area (Å²) in [5, 5.41) is 3.33. The van der Waals surface area contributed by atoms with E-state index in [0.717, 1.165) is 25.4 Å². The number of rotatable bonds is 5. The highest BCUT2D eigenvalue weighted by molar-refractivity contribution is 5.46. The van der Waals surface area contributed by atoms with E-state index in [1.807, 2.05) is 7.05 Å². The van der Waals surface area contributed by atoms with E-state index in [0.29, 0.717) is 0 Å². The van der Waals surface area contributed by atoms with Crippen LogP contribution in [0.5, 0.6) is 0 Å². The lowest BCUT2D eigenvalue weighted by atomic mass is 10.0. The van der Waals surface area contributed by atoms with Crippen molar-refractivity contribution >= 4 is 6.41 Å². The van der Waals surface area contributed by atoms with Gasteiger partial charge in [0, 0.05) is 19.6 Å². The Labute approximate surface area is 67.8 Å². The average molecular weight is 156 g/mol. The molecule has 1 N–H and O–H groups in total. The maximum atomic E-state index is 10.2. The van der Waals surface area contributed by atoms with Gasteiger partial charge in [0.25, 0.3) is 0 Å². The Balaban J connectivity index is 1.90. The number of carbonyl (C=O) groups is 1. The van der Waals surface area contributed by atoms with Crippen LogP contribution in [0.2, 0.25) is 0 Å². The van der Waals surface area contributed by atoms with Crippen LogP contribution in [0.1, 0.15) is 19.3 Å². The molecule has 1 amide bonds. The van der Waals surface area contributed by atoms with Gasteiger partial charge in [0.15, 0.2) is 0 Å². The van der Waals surface area contributed by atoms with Gasteiger partial charge in [-0.3, -0.25) is 4.79 Å². The van der Waals surface area contributed by atoms with E-state index in [1.54, 1.807) is 4.90 Å². The molecule has 1 aliphatic rings. The predicted molar refractivity (Wildman–Crippen MR) is 44.3 cm³/mol. The summed E-state index contributed by atoms with van der Waals surface area (Å²) >= 11 is 0. The van der Waals surface area contributed by atoms with Crippen molar-refractivity contribution in [1.82, 2.24) is 10.2 Å². The summed E-state index contributed by atoms with van der Waals surface area (Å²) in [6.45, 7) is 2.07. The van der Waals surface area contributed by atoms with Crippen molar-refractivity contribution < 1.29 is 4.79 Å². The van der Waals surface area contributed by atoms with Crippen LogP contribution in [0, 0.1) is 0 Å². The normalized spacial score (nSPS) is 22.5. The third-order valence-corrected chi connectivity index (χ3v) is 2.17. The van der Waals surface area contributed by atoms with Crippen molar-refractivity contribution in [2.45, 2.75) is 25.3 Å². The fourth-order valence-electron chi connectivity index (χ4n) is 1.23. The van der Waals surface area contributed by atoms with E-state index >= 15 is 0 Å².